The van der Waals surface area contributed by atoms with Gasteiger partial charge in [0, 0.05) is 0 Å². The van der Waals surface area contributed by atoms with Crippen molar-refractivity contribution < 1.29 is 24.2 Å². The number of carbonyl (C=O) groups is 3. The molecule has 0 aliphatic carbocycles. The van der Waals surface area contributed by atoms with Crippen molar-refractivity contribution in [2.45, 2.75) is 45.4 Å². The highest BCUT2D eigenvalue weighted by atomic mass is 16.5. The highest BCUT2D eigenvalue weighted by Crippen LogP contribution is 2.16. The fraction of sp³-hybridized carbons (Fsp3) is 0.375. The Kier molecular flexibility index (Phi) is 9.71. The molecule has 31 heavy (non-hydrogen) atoms. The normalized spacial score (nSPS) is 13.5. The minimum atomic E-state index is -1.19. The van der Waals surface area contributed by atoms with Crippen molar-refractivity contribution in [1.82, 2.24) is 10.6 Å². The third-order valence-electron chi connectivity index (χ3n) is 4.87. The van der Waals surface area contributed by atoms with E-state index in [1.807, 2.05) is 37.3 Å². The molecule has 0 aromatic heterocycles. The fourth-order valence-electron chi connectivity index (χ4n) is 3.09. The topological polar surface area (TPSA) is 105 Å². The van der Waals surface area contributed by atoms with E-state index in [-0.39, 0.29) is 19.1 Å². The SMILES string of the molecule is CCCC(C)C(O)C(=O)NCC(=O)N[C@H](C(=O)OCc1ccccc1)c1ccccc1. The number of benzene rings is 2. The largest absolute Gasteiger partial charge is 0.459 e. The molecule has 0 saturated carbocycles. The molecule has 0 radical (unpaired) electrons. The maximum absolute atomic E-state index is 12.7. The highest BCUT2D eigenvalue weighted by Gasteiger charge is 2.26. The molecule has 7 nitrogen and oxygen atoms in total. The van der Waals surface area contributed by atoms with Crippen molar-refractivity contribution >= 4 is 17.8 Å². The minimum Gasteiger partial charge on any atom is -0.459 e. The monoisotopic (exact) mass is 426 g/mol. The number of aliphatic hydroxyl groups is 1. The van der Waals surface area contributed by atoms with Gasteiger partial charge >= 0.3 is 5.97 Å². The number of ether oxygens (including phenoxy) is 1. The van der Waals surface area contributed by atoms with Crippen molar-refractivity contribution in [3.05, 3.63) is 71.8 Å². The van der Waals surface area contributed by atoms with Crippen LogP contribution in [0.5, 0.6) is 0 Å². The zero-order chi connectivity index (χ0) is 22.6. The summed E-state index contributed by atoms with van der Waals surface area (Å²) in [4.78, 5) is 37.2. The van der Waals surface area contributed by atoms with Gasteiger partial charge < -0.3 is 20.5 Å². The molecular formula is C24H30N2O5. The average Bonchev–Trinajstić information content (AvgIpc) is 2.80. The second-order valence-electron chi connectivity index (χ2n) is 7.43. The van der Waals surface area contributed by atoms with Gasteiger partial charge in [-0.3, -0.25) is 9.59 Å². The van der Waals surface area contributed by atoms with Crippen LogP contribution >= 0.6 is 0 Å². The first kappa shape index (κ1) is 24.1. The van der Waals surface area contributed by atoms with Crippen LogP contribution in [-0.4, -0.2) is 35.5 Å². The summed E-state index contributed by atoms with van der Waals surface area (Å²) in [6.45, 7) is 3.47. The van der Waals surface area contributed by atoms with Gasteiger partial charge in [0.2, 0.25) is 11.8 Å². The van der Waals surface area contributed by atoms with E-state index in [9.17, 15) is 19.5 Å². The molecule has 7 heteroatoms. The van der Waals surface area contributed by atoms with E-state index in [1.165, 1.54) is 0 Å². The van der Waals surface area contributed by atoms with E-state index in [0.717, 1.165) is 12.0 Å². The Bertz CT molecular complexity index is 842. The molecule has 0 heterocycles. The number of carbonyl (C=O) groups excluding carboxylic acids is 3. The number of hydrogen-bond acceptors (Lipinski definition) is 5. The number of aliphatic hydroxyl groups excluding tert-OH is 1. The lowest BCUT2D eigenvalue weighted by atomic mass is 9.99. The Balaban J connectivity index is 1.97. The molecule has 0 bridgehead atoms. The lowest BCUT2D eigenvalue weighted by molar-refractivity contribution is -0.149. The standard InChI is InChI=1S/C24H30N2O5/c1-3-10-17(2)22(28)23(29)25-15-20(27)26-21(19-13-8-5-9-14-19)24(30)31-16-18-11-6-4-7-12-18/h4-9,11-14,17,21-22,28H,3,10,15-16H2,1-2H3,(H,25,29)(H,26,27)/t17?,21-,22?/m0/s1. The Morgan fingerprint density at radius 1 is 1.00 bits per heavy atom. The molecule has 0 fully saturated rings. The Labute approximate surface area is 182 Å². The van der Waals surface area contributed by atoms with E-state index >= 15 is 0 Å². The molecule has 0 saturated heterocycles. The fourth-order valence-corrected chi connectivity index (χ4v) is 3.09. The van der Waals surface area contributed by atoms with Gasteiger partial charge in [-0.25, -0.2) is 4.79 Å². The first-order valence-corrected chi connectivity index (χ1v) is 10.4. The van der Waals surface area contributed by atoms with Gasteiger partial charge in [0.15, 0.2) is 6.04 Å². The summed E-state index contributed by atoms with van der Waals surface area (Å²) >= 11 is 0. The van der Waals surface area contributed by atoms with E-state index in [0.29, 0.717) is 12.0 Å². The molecule has 0 spiro atoms. The number of hydrogen-bond donors (Lipinski definition) is 3. The van der Waals surface area contributed by atoms with Crippen molar-refractivity contribution in [2.24, 2.45) is 5.92 Å². The van der Waals surface area contributed by atoms with Gasteiger partial charge in [0.05, 0.1) is 6.54 Å². The van der Waals surface area contributed by atoms with Crippen LogP contribution in [0.15, 0.2) is 60.7 Å². The first-order chi connectivity index (χ1) is 14.9. The van der Waals surface area contributed by atoms with Gasteiger partial charge in [-0.1, -0.05) is 80.9 Å². The summed E-state index contributed by atoms with van der Waals surface area (Å²) in [5, 5.41) is 15.1. The molecule has 2 rings (SSSR count). The second kappa shape index (κ2) is 12.5. The van der Waals surface area contributed by atoms with Gasteiger partial charge in [-0.2, -0.15) is 0 Å². The first-order valence-electron chi connectivity index (χ1n) is 10.4. The maximum Gasteiger partial charge on any atom is 0.333 e. The maximum atomic E-state index is 12.7. The number of rotatable bonds is 11. The predicted octanol–water partition coefficient (Wildman–Crippen LogP) is 2.50. The molecular weight excluding hydrogens is 396 g/mol. The van der Waals surface area contributed by atoms with Gasteiger partial charge in [-0.05, 0) is 23.5 Å². The summed E-state index contributed by atoms with van der Waals surface area (Å²) in [6.07, 6.45) is 0.355. The molecule has 2 aromatic rings. The number of esters is 1. The quantitative estimate of drug-likeness (QED) is 0.479. The Morgan fingerprint density at radius 3 is 2.23 bits per heavy atom. The summed E-state index contributed by atoms with van der Waals surface area (Å²) in [5.74, 6) is -1.99. The van der Waals surface area contributed by atoms with Gasteiger partial charge in [0.25, 0.3) is 0 Å². The lowest BCUT2D eigenvalue weighted by Gasteiger charge is -2.20. The summed E-state index contributed by atoms with van der Waals surface area (Å²) in [7, 11) is 0. The van der Waals surface area contributed by atoms with E-state index < -0.39 is 29.9 Å². The Morgan fingerprint density at radius 2 is 1.61 bits per heavy atom. The summed E-state index contributed by atoms with van der Waals surface area (Å²) in [6, 6.07) is 17.0. The average molecular weight is 427 g/mol. The van der Waals surface area contributed by atoms with Crippen molar-refractivity contribution in [1.29, 1.82) is 0 Å². The van der Waals surface area contributed by atoms with Crippen LogP contribution in [0.25, 0.3) is 0 Å². The van der Waals surface area contributed by atoms with Crippen LogP contribution in [0.1, 0.15) is 43.9 Å². The van der Waals surface area contributed by atoms with Crippen LogP contribution in [0.3, 0.4) is 0 Å². The zero-order valence-electron chi connectivity index (χ0n) is 17.9. The molecule has 2 amide bonds. The van der Waals surface area contributed by atoms with Crippen molar-refractivity contribution in [3.63, 3.8) is 0 Å². The lowest BCUT2D eigenvalue weighted by Crippen LogP contribution is -2.45. The summed E-state index contributed by atoms with van der Waals surface area (Å²) < 4.78 is 5.39. The molecule has 2 unspecified atom stereocenters. The van der Waals surface area contributed by atoms with Crippen LogP contribution in [0, 0.1) is 5.92 Å². The molecule has 3 atom stereocenters. The third kappa shape index (κ3) is 7.86. The van der Waals surface area contributed by atoms with Crippen molar-refractivity contribution in [2.75, 3.05) is 6.54 Å². The van der Waals surface area contributed by atoms with Crippen LogP contribution in [-0.2, 0) is 25.7 Å². The molecule has 0 aliphatic heterocycles. The summed E-state index contributed by atoms with van der Waals surface area (Å²) in [5.41, 5.74) is 1.40. The third-order valence-corrected chi connectivity index (χ3v) is 4.87. The number of nitrogens with one attached hydrogen (secondary N) is 2. The van der Waals surface area contributed by atoms with Crippen LogP contribution in [0.2, 0.25) is 0 Å². The minimum absolute atomic E-state index is 0.0805. The van der Waals surface area contributed by atoms with Crippen LogP contribution in [0.4, 0.5) is 0 Å². The van der Waals surface area contributed by atoms with E-state index in [1.54, 1.807) is 37.3 Å². The van der Waals surface area contributed by atoms with Crippen LogP contribution < -0.4 is 10.6 Å². The van der Waals surface area contributed by atoms with Gasteiger partial charge in [-0.15, -0.1) is 0 Å². The molecule has 0 aliphatic rings. The molecule has 2 aromatic carbocycles. The Hall–Kier alpha value is -3.19. The molecule has 166 valence electrons. The zero-order valence-corrected chi connectivity index (χ0v) is 17.9. The smallest absolute Gasteiger partial charge is 0.333 e. The van der Waals surface area contributed by atoms with E-state index in [4.69, 9.17) is 4.74 Å². The van der Waals surface area contributed by atoms with Crippen molar-refractivity contribution in [3.8, 4) is 0 Å². The second-order valence-corrected chi connectivity index (χ2v) is 7.43. The predicted molar refractivity (Wildman–Crippen MR) is 117 cm³/mol. The highest BCUT2D eigenvalue weighted by molar-refractivity contribution is 5.90. The number of amides is 2. The van der Waals surface area contributed by atoms with Gasteiger partial charge in [0.1, 0.15) is 12.7 Å². The van der Waals surface area contributed by atoms with E-state index in [2.05, 4.69) is 10.6 Å². The molecule has 3 N–H and O–H groups in total.